The molecule has 0 unspecified atom stereocenters. The van der Waals surface area contributed by atoms with Crippen LogP contribution < -0.4 is 10.6 Å². The molecule has 2 aromatic carbocycles. The first-order chi connectivity index (χ1) is 9.20. The smallest absolute Gasteiger partial charge is 0.231 e. The summed E-state index contributed by atoms with van der Waals surface area (Å²) in [5.74, 6) is 0.0698. The highest BCUT2D eigenvalue weighted by Gasteiger charge is 2.11. The van der Waals surface area contributed by atoms with Gasteiger partial charge >= 0.3 is 0 Å². The molecule has 0 fully saturated rings. The van der Waals surface area contributed by atoms with Gasteiger partial charge in [0.05, 0.1) is 6.42 Å². The second kappa shape index (κ2) is 6.16. The van der Waals surface area contributed by atoms with E-state index in [1.54, 1.807) is 11.9 Å². The number of carbonyl (C=O) groups is 1. The molecule has 0 saturated carbocycles. The van der Waals surface area contributed by atoms with Crippen LogP contribution in [0, 0.1) is 0 Å². The highest BCUT2D eigenvalue weighted by Crippen LogP contribution is 2.16. The first-order valence-corrected chi connectivity index (χ1v) is 6.30. The molecular weight excluding hydrogens is 236 g/mol. The van der Waals surface area contributed by atoms with E-state index in [0.717, 1.165) is 16.8 Å². The summed E-state index contributed by atoms with van der Waals surface area (Å²) in [6.45, 7) is 0.481. The molecular formula is C16H18N2O. The zero-order valence-corrected chi connectivity index (χ0v) is 11.0. The average molecular weight is 254 g/mol. The second-order valence-corrected chi connectivity index (χ2v) is 4.49. The van der Waals surface area contributed by atoms with Gasteiger partial charge in [0.15, 0.2) is 0 Å². The van der Waals surface area contributed by atoms with Crippen LogP contribution in [0.15, 0.2) is 54.6 Å². The van der Waals surface area contributed by atoms with Crippen molar-refractivity contribution in [2.24, 2.45) is 5.73 Å². The normalized spacial score (nSPS) is 10.2. The Balaban J connectivity index is 2.10. The number of benzene rings is 2. The SMILES string of the molecule is CN(C(=O)Cc1ccccc1)c1cccc(CN)c1. The van der Waals surface area contributed by atoms with E-state index in [2.05, 4.69) is 0 Å². The van der Waals surface area contributed by atoms with Crippen LogP contribution in [0.3, 0.4) is 0 Å². The summed E-state index contributed by atoms with van der Waals surface area (Å²) in [6.07, 6.45) is 0.407. The maximum absolute atomic E-state index is 12.2. The summed E-state index contributed by atoms with van der Waals surface area (Å²) >= 11 is 0. The highest BCUT2D eigenvalue weighted by molar-refractivity contribution is 5.94. The topological polar surface area (TPSA) is 46.3 Å². The summed E-state index contributed by atoms with van der Waals surface area (Å²) in [4.78, 5) is 13.9. The number of anilines is 1. The lowest BCUT2D eigenvalue weighted by Gasteiger charge is -2.18. The van der Waals surface area contributed by atoms with Crippen molar-refractivity contribution < 1.29 is 4.79 Å². The number of nitrogens with two attached hydrogens (primary N) is 1. The Morgan fingerprint density at radius 3 is 2.42 bits per heavy atom. The molecule has 0 aromatic heterocycles. The Labute approximate surface area is 113 Å². The molecule has 0 saturated heterocycles. The molecule has 1 amide bonds. The largest absolute Gasteiger partial charge is 0.326 e. The Morgan fingerprint density at radius 2 is 1.74 bits per heavy atom. The summed E-state index contributed by atoms with van der Waals surface area (Å²) in [5.41, 5.74) is 8.54. The van der Waals surface area contributed by atoms with Gasteiger partial charge in [-0.15, -0.1) is 0 Å². The van der Waals surface area contributed by atoms with Gasteiger partial charge in [-0.1, -0.05) is 42.5 Å². The number of carbonyl (C=O) groups excluding carboxylic acids is 1. The zero-order chi connectivity index (χ0) is 13.7. The van der Waals surface area contributed by atoms with Gasteiger partial charge in [-0.05, 0) is 23.3 Å². The van der Waals surface area contributed by atoms with E-state index in [0.29, 0.717) is 13.0 Å². The van der Waals surface area contributed by atoms with E-state index in [-0.39, 0.29) is 5.91 Å². The summed E-state index contributed by atoms with van der Waals surface area (Å²) in [5, 5.41) is 0. The standard InChI is InChI=1S/C16H18N2O/c1-18(15-9-5-8-14(10-15)12-17)16(19)11-13-6-3-2-4-7-13/h2-10H,11-12,17H2,1H3. The molecule has 0 aliphatic carbocycles. The third-order valence-corrected chi connectivity index (χ3v) is 3.11. The molecule has 2 N–H and O–H groups in total. The maximum Gasteiger partial charge on any atom is 0.231 e. The van der Waals surface area contributed by atoms with Gasteiger partial charge in [0.2, 0.25) is 5.91 Å². The Morgan fingerprint density at radius 1 is 1.05 bits per heavy atom. The monoisotopic (exact) mass is 254 g/mol. The van der Waals surface area contributed by atoms with Gasteiger partial charge in [0.25, 0.3) is 0 Å². The number of hydrogen-bond acceptors (Lipinski definition) is 2. The number of hydrogen-bond donors (Lipinski definition) is 1. The van der Waals surface area contributed by atoms with E-state index in [9.17, 15) is 4.79 Å². The van der Waals surface area contributed by atoms with Crippen LogP contribution in [0.25, 0.3) is 0 Å². The van der Waals surface area contributed by atoms with Gasteiger partial charge in [-0.25, -0.2) is 0 Å². The van der Waals surface area contributed by atoms with E-state index in [4.69, 9.17) is 5.73 Å². The number of amides is 1. The molecule has 2 rings (SSSR count). The molecule has 19 heavy (non-hydrogen) atoms. The minimum atomic E-state index is 0.0698. The van der Waals surface area contributed by atoms with Gasteiger partial charge in [-0.3, -0.25) is 4.79 Å². The number of rotatable bonds is 4. The van der Waals surface area contributed by atoms with Crippen molar-refractivity contribution in [3.63, 3.8) is 0 Å². The molecule has 3 nitrogen and oxygen atoms in total. The quantitative estimate of drug-likeness (QED) is 0.910. The molecule has 2 aromatic rings. The lowest BCUT2D eigenvalue weighted by atomic mass is 10.1. The summed E-state index contributed by atoms with van der Waals surface area (Å²) in [7, 11) is 1.79. The molecule has 0 atom stereocenters. The first kappa shape index (κ1) is 13.3. The third-order valence-electron chi connectivity index (χ3n) is 3.11. The average Bonchev–Trinajstić information content (AvgIpc) is 2.47. The number of nitrogens with zero attached hydrogens (tertiary/aromatic N) is 1. The third kappa shape index (κ3) is 3.42. The van der Waals surface area contributed by atoms with Gasteiger partial charge < -0.3 is 10.6 Å². The minimum absolute atomic E-state index is 0.0698. The molecule has 0 spiro atoms. The molecule has 0 aliphatic heterocycles. The maximum atomic E-state index is 12.2. The minimum Gasteiger partial charge on any atom is -0.326 e. The van der Waals surface area contributed by atoms with Crippen molar-refractivity contribution >= 4 is 11.6 Å². The van der Waals surface area contributed by atoms with E-state index < -0.39 is 0 Å². The highest BCUT2D eigenvalue weighted by atomic mass is 16.2. The van der Waals surface area contributed by atoms with Crippen LogP contribution in [0.4, 0.5) is 5.69 Å². The molecule has 0 radical (unpaired) electrons. The van der Waals surface area contributed by atoms with Crippen molar-refractivity contribution in [1.82, 2.24) is 0 Å². The van der Waals surface area contributed by atoms with Crippen LogP contribution in [0.5, 0.6) is 0 Å². The van der Waals surface area contributed by atoms with E-state index in [1.165, 1.54) is 0 Å². The van der Waals surface area contributed by atoms with Crippen LogP contribution in [-0.4, -0.2) is 13.0 Å². The first-order valence-electron chi connectivity index (χ1n) is 6.30. The molecule has 3 heteroatoms. The fraction of sp³-hybridized carbons (Fsp3) is 0.188. The van der Waals surface area contributed by atoms with E-state index in [1.807, 2.05) is 54.6 Å². The lowest BCUT2D eigenvalue weighted by Crippen LogP contribution is -2.27. The van der Waals surface area contributed by atoms with Crippen molar-refractivity contribution in [2.75, 3.05) is 11.9 Å². The number of likely N-dealkylation sites (N-methyl/N-ethyl adjacent to an activating group) is 1. The molecule has 98 valence electrons. The van der Waals surface area contributed by atoms with Crippen molar-refractivity contribution in [3.05, 3.63) is 65.7 Å². The van der Waals surface area contributed by atoms with Crippen LogP contribution in [-0.2, 0) is 17.8 Å². The van der Waals surface area contributed by atoms with Crippen LogP contribution in [0.1, 0.15) is 11.1 Å². The molecule has 0 heterocycles. The fourth-order valence-electron chi connectivity index (χ4n) is 1.93. The van der Waals surface area contributed by atoms with Crippen LogP contribution in [0.2, 0.25) is 0 Å². The molecule has 0 bridgehead atoms. The van der Waals surface area contributed by atoms with Gasteiger partial charge in [-0.2, -0.15) is 0 Å². The van der Waals surface area contributed by atoms with E-state index >= 15 is 0 Å². The van der Waals surface area contributed by atoms with Crippen molar-refractivity contribution in [2.45, 2.75) is 13.0 Å². The Hall–Kier alpha value is -2.13. The Kier molecular flexibility index (Phi) is 4.31. The predicted molar refractivity (Wildman–Crippen MR) is 77.9 cm³/mol. The zero-order valence-electron chi connectivity index (χ0n) is 11.0. The summed E-state index contributed by atoms with van der Waals surface area (Å²) < 4.78 is 0. The molecule has 0 aliphatic rings. The fourth-order valence-corrected chi connectivity index (χ4v) is 1.93. The Bertz CT molecular complexity index is 552. The predicted octanol–water partition coefficient (Wildman–Crippen LogP) is 2.35. The van der Waals surface area contributed by atoms with Crippen molar-refractivity contribution in [1.29, 1.82) is 0 Å². The summed E-state index contributed by atoms with van der Waals surface area (Å²) in [6, 6.07) is 17.5. The van der Waals surface area contributed by atoms with Gasteiger partial charge in [0.1, 0.15) is 0 Å². The van der Waals surface area contributed by atoms with Gasteiger partial charge in [0, 0.05) is 19.3 Å². The second-order valence-electron chi connectivity index (χ2n) is 4.49. The lowest BCUT2D eigenvalue weighted by molar-refractivity contribution is -0.117. The van der Waals surface area contributed by atoms with Crippen molar-refractivity contribution in [3.8, 4) is 0 Å². The van der Waals surface area contributed by atoms with Crippen LogP contribution >= 0.6 is 0 Å².